The fourth-order valence-corrected chi connectivity index (χ4v) is 4.90. The van der Waals surface area contributed by atoms with Crippen molar-refractivity contribution in [2.24, 2.45) is 0 Å². The van der Waals surface area contributed by atoms with Crippen molar-refractivity contribution >= 4 is 34.3 Å². The standard InChI is InChI=1S/C31H27F2N6O2/c1-18-6-7-34-26(12-18)30-19(2)31(29-23(33)13-21(32)14-25(29)38-30)37-24-15-27(39-8-10-41-11-9-39)35-17-22(24)20-4-5-28(40-3)36-16-20/h4-8,12-17H,9-11H2,1-3H3,(H,35,37,38)/q+1. The summed E-state index contributed by atoms with van der Waals surface area (Å²) in [4.78, 5) is 18.2. The summed E-state index contributed by atoms with van der Waals surface area (Å²) in [6.45, 7) is 5.50. The summed E-state index contributed by atoms with van der Waals surface area (Å²) < 4.78 is 42.6. The van der Waals surface area contributed by atoms with Crippen LogP contribution in [-0.2, 0) is 4.74 Å². The van der Waals surface area contributed by atoms with E-state index in [1.807, 2.05) is 48.9 Å². The van der Waals surface area contributed by atoms with Crippen LogP contribution in [0.2, 0.25) is 0 Å². The molecule has 5 aromatic rings. The first-order chi connectivity index (χ1) is 19.9. The van der Waals surface area contributed by atoms with Gasteiger partial charge in [0.2, 0.25) is 5.88 Å². The molecule has 0 radical (unpaired) electrons. The van der Waals surface area contributed by atoms with Crippen molar-refractivity contribution in [1.82, 2.24) is 19.9 Å². The van der Waals surface area contributed by atoms with Crippen LogP contribution < -0.4 is 10.1 Å². The second kappa shape index (κ2) is 11.0. The molecule has 8 nitrogen and oxygen atoms in total. The Bertz CT molecular complexity index is 1810. The van der Waals surface area contributed by atoms with Gasteiger partial charge >= 0.3 is 5.82 Å². The van der Waals surface area contributed by atoms with Gasteiger partial charge in [-0.3, -0.25) is 4.98 Å². The van der Waals surface area contributed by atoms with Crippen LogP contribution in [0, 0.1) is 25.5 Å². The number of methoxy groups -OCH3 is 1. The molecular formula is C31H27F2N6O2+. The molecule has 0 spiro atoms. The molecule has 4 aromatic heterocycles. The van der Waals surface area contributed by atoms with Crippen molar-refractivity contribution in [2.75, 3.05) is 32.2 Å². The Morgan fingerprint density at radius 3 is 2.61 bits per heavy atom. The number of benzene rings is 1. The minimum absolute atomic E-state index is 0.176. The van der Waals surface area contributed by atoms with Crippen LogP contribution in [0.5, 0.6) is 5.88 Å². The number of ether oxygens (including phenoxy) is 2. The van der Waals surface area contributed by atoms with E-state index >= 15 is 4.39 Å². The summed E-state index contributed by atoms with van der Waals surface area (Å²) in [6.07, 6.45) is 7.07. The predicted molar refractivity (Wildman–Crippen MR) is 153 cm³/mol. The van der Waals surface area contributed by atoms with E-state index in [1.165, 1.54) is 6.07 Å². The number of hydrogen-bond acceptors (Lipinski definition) is 7. The summed E-state index contributed by atoms with van der Waals surface area (Å²) in [7, 11) is 1.56. The van der Waals surface area contributed by atoms with Gasteiger partial charge in [-0.1, -0.05) is 0 Å². The number of rotatable bonds is 6. The minimum atomic E-state index is -0.717. The Balaban J connectivity index is 1.58. The van der Waals surface area contributed by atoms with Crippen molar-refractivity contribution in [3.05, 3.63) is 83.8 Å². The van der Waals surface area contributed by atoms with Crippen LogP contribution in [0.1, 0.15) is 11.1 Å². The zero-order valence-electron chi connectivity index (χ0n) is 22.8. The van der Waals surface area contributed by atoms with E-state index in [9.17, 15) is 4.39 Å². The number of nitrogens with one attached hydrogen (secondary N) is 1. The Hall–Kier alpha value is -4.83. The Labute approximate surface area is 235 Å². The average Bonchev–Trinajstić information content (AvgIpc) is 2.98. The van der Waals surface area contributed by atoms with E-state index in [4.69, 9.17) is 14.5 Å². The van der Waals surface area contributed by atoms with Crippen LogP contribution >= 0.6 is 0 Å². The molecule has 0 aliphatic carbocycles. The number of nitrogens with zero attached hydrogens (tertiary/aromatic N) is 5. The van der Waals surface area contributed by atoms with Crippen molar-refractivity contribution in [1.29, 1.82) is 0 Å². The second-order valence-electron chi connectivity index (χ2n) is 9.71. The van der Waals surface area contributed by atoms with Crippen LogP contribution in [0.3, 0.4) is 0 Å². The van der Waals surface area contributed by atoms with Crippen molar-refractivity contribution in [3.63, 3.8) is 0 Å². The summed E-state index contributed by atoms with van der Waals surface area (Å²) >= 11 is 0. The monoisotopic (exact) mass is 553 g/mol. The Morgan fingerprint density at radius 1 is 1.00 bits per heavy atom. The molecule has 1 aliphatic heterocycles. The highest BCUT2D eigenvalue weighted by atomic mass is 19.1. The molecule has 0 bridgehead atoms. The van der Waals surface area contributed by atoms with E-state index < -0.39 is 11.6 Å². The molecule has 206 valence electrons. The fraction of sp³-hybridized carbons (Fsp3) is 0.194. The number of halogens is 2. The first kappa shape index (κ1) is 26.4. The van der Waals surface area contributed by atoms with Crippen LogP contribution in [-0.4, -0.2) is 57.6 Å². The quantitative estimate of drug-likeness (QED) is 0.253. The van der Waals surface area contributed by atoms with Crippen molar-refractivity contribution < 1.29 is 22.8 Å². The van der Waals surface area contributed by atoms with E-state index in [1.54, 1.807) is 31.8 Å². The van der Waals surface area contributed by atoms with E-state index in [0.717, 1.165) is 22.8 Å². The molecule has 0 amide bonds. The lowest BCUT2D eigenvalue weighted by atomic mass is 10.0. The SMILES string of the molecule is COc1ccc(-c2cnc([N+]3=CCOCC3)cc2Nc2c(C)c(-c3cc(C)ccn3)nc3cc(F)cc(F)c23)cn1. The van der Waals surface area contributed by atoms with Gasteiger partial charge in [0.25, 0.3) is 0 Å². The molecular weight excluding hydrogens is 526 g/mol. The van der Waals surface area contributed by atoms with Gasteiger partial charge in [-0.15, -0.1) is 0 Å². The molecule has 1 N–H and O–H groups in total. The maximum atomic E-state index is 15.5. The number of anilines is 2. The second-order valence-corrected chi connectivity index (χ2v) is 9.71. The maximum Gasteiger partial charge on any atom is 0.324 e. The third kappa shape index (κ3) is 5.21. The zero-order valence-corrected chi connectivity index (χ0v) is 22.8. The lowest BCUT2D eigenvalue weighted by Gasteiger charge is -2.19. The average molecular weight is 554 g/mol. The number of pyridine rings is 4. The molecule has 1 aromatic carbocycles. The van der Waals surface area contributed by atoms with Gasteiger partial charge < -0.3 is 14.8 Å². The topological polar surface area (TPSA) is 85.1 Å². The molecule has 1 aliphatic rings. The van der Waals surface area contributed by atoms with Crippen LogP contribution in [0.4, 0.5) is 26.0 Å². The van der Waals surface area contributed by atoms with Crippen molar-refractivity contribution in [3.8, 4) is 28.4 Å². The molecule has 10 heteroatoms. The normalized spacial score (nSPS) is 13.2. The first-order valence-electron chi connectivity index (χ1n) is 13.1. The Morgan fingerprint density at radius 2 is 1.88 bits per heavy atom. The maximum absolute atomic E-state index is 15.5. The number of fused-ring (bicyclic) bond motifs is 1. The van der Waals surface area contributed by atoms with E-state index in [-0.39, 0.29) is 10.9 Å². The Kier molecular flexibility index (Phi) is 7.07. The molecule has 0 atom stereocenters. The molecule has 5 heterocycles. The number of aryl methyl sites for hydroxylation is 1. The first-order valence-corrected chi connectivity index (χ1v) is 13.1. The smallest absolute Gasteiger partial charge is 0.324 e. The van der Waals surface area contributed by atoms with Crippen LogP contribution in [0.25, 0.3) is 33.4 Å². The molecule has 0 saturated heterocycles. The number of aromatic nitrogens is 4. The summed E-state index contributed by atoms with van der Waals surface area (Å²) in [5, 5.41) is 3.65. The molecule has 0 saturated carbocycles. The number of hydrogen-bond donors (Lipinski definition) is 1. The van der Waals surface area contributed by atoms with Gasteiger partial charge in [0.15, 0.2) is 0 Å². The molecule has 41 heavy (non-hydrogen) atoms. The highest BCUT2D eigenvalue weighted by molar-refractivity contribution is 5.99. The third-order valence-corrected chi connectivity index (χ3v) is 6.99. The van der Waals surface area contributed by atoms with Crippen molar-refractivity contribution in [2.45, 2.75) is 13.8 Å². The summed E-state index contributed by atoms with van der Waals surface area (Å²) in [6, 6.07) is 11.4. The summed E-state index contributed by atoms with van der Waals surface area (Å²) in [5.74, 6) is -0.250. The van der Waals surface area contributed by atoms with Crippen LogP contribution in [0.15, 0.2) is 61.1 Å². The zero-order chi connectivity index (χ0) is 28.5. The third-order valence-electron chi connectivity index (χ3n) is 6.99. The predicted octanol–water partition coefficient (Wildman–Crippen LogP) is 6.15. The van der Waals surface area contributed by atoms with Gasteiger partial charge in [-0.2, -0.15) is 0 Å². The highest BCUT2D eigenvalue weighted by Crippen LogP contribution is 2.39. The van der Waals surface area contributed by atoms with Gasteiger partial charge in [-0.05, 0) is 42.6 Å². The molecule has 6 rings (SSSR count). The lowest BCUT2D eigenvalue weighted by Crippen LogP contribution is -2.23. The van der Waals surface area contributed by atoms with Gasteiger partial charge in [0, 0.05) is 41.7 Å². The van der Waals surface area contributed by atoms with E-state index in [0.29, 0.717) is 59.8 Å². The van der Waals surface area contributed by atoms with Gasteiger partial charge in [-0.25, -0.2) is 23.3 Å². The summed E-state index contributed by atoms with van der Waals surface area (Å²) in [5.41, 5.74) is 5.59. The minimum Gasteiger partial charge on any atom is -0.481 e. The largest absolute Gasteiger partial charge is 0.481 e. The molecule has 0 fully saturated rings. The molecule has 0 unspecified atom stereocenters. The van der Waals surface area contributed by atoms with Gasteiger partial charge in [0.05, 0.1) is 65.2 Å². The lowest BCUT2D eigenvalue weighted by molar-refractivity contribution is -0.454. The highest BCUT2D eigenvalue weighted by Gasteiger charge is 2.23. The van der Waals surface area contributed by atoms with E-state index in [2.05, 4.69) is 20.3 Å². The van der Waals surface area contributed by atoms with Gasteiger partial charge in [0.1, 0.15) is 31.0 Å². The fourth-order valence-electron chi connectivity index (χ4n) is 4.90.